The minimum atomic E-state index is 0.194. The van der Waals surface area contributed by atoms with Gasteiger partial charge in [0.25, 0.3) is 0 Å². The molecule has 0 aromatic heterocycles. The predicted molar refractivity (Wildman–Crippen MR) is 32.9 cm³/mol. The van der Waals surface area contributed by atoms with Crippen LogP contribution in [0.4, 0.5) is 0 Å². The van der Waals surface area contributed by atoms with Crippen molar-refractivity contribution < 1.29 is 5.21 Å². The third kappa shape index (κ3) is 1.82. The molecule has 0 aliphatic carbocycles. The maximum Gasteiger partial charge on any atom is 0.141 e. The van der Waals surface area contributed by atoms with Crippen LogP contribution in [0.2, 0.25) is 0 Å². The monoisotopic (exact) mass is 116 g/mol. The van der Waals surface area contributed by atoms with Gasteiger partial charge in [-0.2, -0.15) is 0 Å². The first kappa shape index (κ1) is 7.27. The van der Waals surface area contributed by atoms with Crippen LogP contribution < -0.4 is 5.73 Å². The lowest BCUT2D eigenvalue weighted by Crippen LogP contribution is -2.20. The Morgan fingerprint density at radius 2 is 2.38 bits per heavy atom. The maximum atomic E-state index is 8.10. The van der Waals surface area contributed by atoms with E-state index in [2.05, 4.69) is 5.16 Å². The summed E-state index contributed by atoms with van der Waals surface area (Å²) in [6.07, 6.45) is 0.913. The van der Waals surface area contributed by atoms with E-state index in [0.717, 1.165) is 6.42 Å². The van der Waals surface area contributed by atoms with Crippen molar-refractivity contribution >= 4 is 5.84 Å². The summed E-state index contributed by atoms with van der Waals surface area (Å²) in [5, 5.41) is 11.0. The Morgan fingerprint density at radius 3 is 2.50 bits per heavy atom. The number of nitrogens with two attached hydrogens (primary N) is 1. The highest BCUT2D eigenvalue weighted by Gasteiger charge is 2.01. The summed E-state index contributed by atoms with van der Waals surface area (Å²) < 4.78 is 0. The molecule has 8 heavy (non-hydrogen) atoms. The number of rotatable bonds is 2. The molecule has 0 fully saturated rings. The predicted octanol–water partition coefficient (Wildman–Crippen LogP) is 0.779. The van der Waals surface area contributed by atoms with Crippen LogP contribution in [0.3, 0.4) is 0 Å². The van der Waals surface area contributed by atoms with E-state index in [1.807, 2.05) is 13.8 Å². The first-order chi connectivity index (χ1) is 3.72. The smallest absolute Gasteiger partial charge is 0.141 e. The molecule has 0 amide bonds. The highest BCUT2D eigenvalue weighted by molar-refractivity contribution is 5.81. The Hall–Kier alpha value is -0.730. The van der Waals surface area contributed by atoms with Gasteiger partial charge in [0.15, 0.2) is 0 Å². The molecular formula is C5H12N2O. The first-order valence-corrected chi connectivity index (χ1v) is 2.69. The van der Waals surface area contributed by atoms with Crippen molar-refractivity contribution in [3.8, 4) is 0 Å². The molecular weight excluding hydrogens is 104 g/mol. The van der Waals surface area contributed by atoms with Gasteiger partial charge in [0.05, 0.1) is 0 Å². The van der Waals surface area contributed by atoms with Gasteiger partial charge < -0.3 is 10.9 Å². The molecule has 3 N–H and O–H groups in total. The normalized spacial score (nSPS) is 16.0. The van der Waals surface area contributed by atoms with E-state index in [9.17, 15) is 0 Å². The average Bonchev–Trinajstić information content (AvgIpc) is 1.84. The first-order valence-electron chi connectivity index (χ1n) is 2.69. The van der Waals surface area contributed by atoms with Crippen LogP contribution in [0.5, 0.6) is 0 Å². The van der Waals surface area contributed by atoms with E-state index in [1.54, 1.807) is 0 Å². The van der Waals surface area contributed by atoms with E-state index >= 15 is 0 Å². The standard InChI is InChI=1S/C5H12N2O/c1-3-4(2)5(6)7-8/h4,8H,3H2,1-2H3,(H2,6,7). The van der Waals surface area contributed by atoms with Crippen LogP contribution in [0.25, 0.3) is 0 Å². The fourth-order valence-corrected chi connectivity index (χ4v) is 0.308. The van der Waals surface area contributed by atoms with Gasteiger partial charge in [-0.3, -0.25) is 0 Å². The molecule has 0 aliphatic rings. The molecule has 1 unspecified atom stereocenters. The number of hydrogen-bond acceptors (Lipinski definition) is 2. The summed E-state index contributed by atoms with van der Waals surface area (Å²) in [7, 11) is 0. The Bertz CT molecular complexity index is 90.4. The van der Waals surface area contributed by atoms with Gasteiger partial charge in [-0.05, 0) is 6.42 Å². The molecule has 0 saturated carbocycles. The molecule has 0 aromatic rings. The number of hydrogen-bond donors (Lipinski definition) is 2. The molecule has 0 saturated heterocycles. The zero-order chi connectivity index (χ0) is 6.57. The third-order valence-corrected chi connectivity index (χ3v) is 1.23. The molecule has 0 heterocycles. The maximum absolute atomic E-state index is 8.10. The highest BCUT2D eigenvalue weighted by Crippen LogP contribution is 1.98. The molecule has 3 nitrogen and oxygen atoms in total. The Kier molecular flexibility index (Phi) is 2.99. The lowest BCUT2D eigenvalue weighted by Gasteiger charge is -2.02. The second-order valence-corrected chi connectivity index (χ2v) is 1.83. The summed E-state index contributed by atoms with van der Waals surface area (Å²) in [6.45, 7) is 3.90. The van der Waals surface area contributed by atoms with Crippen molar-refractivity contribution in [3.05, 3.63) is 0 Å². The van der Waals surface area contributed by atoms with Gasteiger partial charge in [0, 0.05) is 5.92 Å². The summed E-state index contributed by atoms with van der Waals surface area (Å²) in [6, 6.07) is 0. The van der Waals surface area contributed by atoms with Crippen molar-refractivity contribution in [2.45, 2.75) is 20.3 Å². The molecule has 0 aliphatic heterocycles. The summed E-state index contributed by atoms with van der Waals surface area (Å²) in [5.74, 6) is 0.507. The van der Waals surface area contributed by atoms with E-state index in [1.165, 1.54) is 0 Å². The SMILES string of the molecule is CCC(C)/C(N)=N/O. The number of nitrogens with zero attached hydrogens (tertiary/aromatic N) is 1. The van der Waals surface area contributed by atoms with Crippen LogP contribution in [0.1, 0.15) is 20.3 Å². The van der Waals surface area contributed by atoms with Crippen molar-refractivity contribution in [1.82, 2.24) is 0 Å². The average molecular weight is 116 g/mol. The van der Waals surface area contributed by atoms with Gasteiger partial charge in [-0.15, -0.1) is 0 Å². The minimum absolute atomic E-state index is 0.194. The van der Waals surface area contributed by atoms with E-state index in [-0.39, 0.29) is 5.92 Å². The van der Waals surface area contributed by atoms with Crippen LogP contribution >= 0.6 is 0 Å². The van der Waals surface area contributed by atoms with Crippen LogP contribution in [-0.4, -0.2) is 11.0 Å². The largest absolute Gasteiger partial charge is 0.409 e. The highest BCUT2D eigenvalue weighted by atomic mass is 16.4. The third-order valence-electron chi connectivity index (χ3n) is 1.23. The van der Waals surface area contributed by atoms with Crippen molar-refractivity contribution in [2.75, 3.05) is 0 Å². The van der Waals surface area contributed by atoms with Gasteiger partial charge in [0.1, 0.15) is 5.84 Å². The van der Waals surface area contributed by atoms with Crippen LogP contribution in [0.15, 0.2) is 5.16 Å². The van der Waals surface area contributed by atoms with Crippen LogP contribution in [0, 0.1) is 5.92 Å². The summed E-state index contributed by atoms with van der Waals surface area (Å²) in [4.78, 5) is 0. The van der Waals surface area contributed by atoms with E-state index in [4.69, 9.17) is 10.9 Å². The molecule has 0 rings (SSSR count). The van der Waals surface area contributed by atoms with Gasteiger partial charge in [-0.1, -0.05) is 19.0 Å². The summed E-state index contributed by atoms with van der Waals surface area (Å²) >= 11 is 0. The van der Waals surface area contributed by atoms with Crippen molar-refractivity contribution in [1.29, 1.82) is 0 Å². The molecule has 0 spiro atoms. The van der Waals surface area contributed by atoms with E-state index in [0.29, 0.717) is 5.84 Å². The summed E-state index contributed by atoms with van der Waals surface area (Å²) in [5.41, 5.74) is 5.23. The second-order valence-electron chi connectivity index (χ2n) is 1.83. The molecule has 0 radical (unpaired) electrons. The second kappa shape index (κ2) is 3.29. The lowest BCUT2D eigenvalue weighted by molar-refractivity contribution is 0.314. The Morgan fingerprint density at radius 1 is 1.88 bits per heavy atom. The number of oxime groups is 1. The molecule has 0 bridgehead atoms. The van der Waals surface area contributed by atoms with Crippen molar-refractivity contribution in [3.63, 3.8) is 0 Å². The zero-order valence-corrected chi connectivity index (χ0v) is 5.26. The Labute approximate surface area is 49.2 Å². The molecule has 1 atom stereocenters. The van der Waals surface area contributed by atoms with Gasteiger partial charge >= 0.3 is 0 Å². The van der Waals surface area contributed by atoms with Crippen molar-refractivity contribution in [2.24, 2.45) is 16.8 Å². The van der Waals surface area contributed by atoms with Gasteiger partial charge in [-0.25, -0.2) is 0 Å². The van der Waals surface area contributed by atoms with Gasteiger partial charge in [0.2, 0.25) is 0 Å². The molecule has 0 aromatic carbocycles. The topological polar surface area (TPSA) is 58.6 Å². The fourth-order valence-electron chi connectivity index (χ4n) is 0.308. The minimum Gasteiger partial charge on any atom is -0.409 e. The molecule has 3 heteroatoms. The van der Waals surface area contributed by atoms with Crippen LogP contribution in [-0.2, 0) is 0 Å². The molecule has 48 valence electrons. The van der Waals surface area contributed by atoms with E-state index < -0.39 is 0 Å². The quantitative estimate of drug-likeness (QED) is 0.242. The zero-order valence-electron chi connectivity index (χ0n) is 5.26. The Balaban J connectivity index is 3.63. The fraction of sp³-hybridized carbons (Fsp3) is 0.800. The lowest BCUT2D eigenvalue weighted by atomic mass is 10.1. The number of amidine groups is 1.